The number of hydrogen-bond acceptors (Lipinski definition) is 5. The predicted molar refractivity (Wildman–Crippen MR) is 150 cm³/mol. The van der Waals surface area contributed by atoms with Crippen LogP contribution >= 0.6 is 11.3 Å². The molecule has 6 rings (SSSR count). The lowest BCUT2D eigenvalue weighted by molar-refractivity contribution is -0.115. The maximum atomic E-state index is 13.1. The number of hydrogen-bond donors (Lipinski definition) is 1. The highest BCUT2D eigenvalue weighted by molar-refractivity contribution is 7.16. The van der Waals surface area contributed by atoms with E-state index in [2.05, 4.69) is 52.5 Å². The van der Waals surface area contributed by atoms with E-state index in [1.54, 1.807) is 29.5 Å². The standard InChI is InChI=1S/C30H24N4O2S/c31-29(35)28-25(30(36)34(32-28)23-11-5-2-6-12-23)19-24-14-16-27(37-24)21-13-15-26-20(18-21)8-7-17-33(26)22-9-3-1-4-10-22/h1-6,9-16,18-19H,7-8,17H2,(H2,31,35)/b25-19-. The highest BCUT2D eigenvalue weighted by Crippen LogP contribution is 2.38. The van der Waals surface area contributed by atoms with Gasteiger partial charge in [0.2, 0.25) is 0 Å². The van der Waals surface area contributed by atoms with E-state index in [1.165, 1.54) is 21.9 Å². The highest BCUT2D eigenvalue weighted by atomic mass is 32.1. The van der Waals surface area contributed by atoms with Gasteiger partial charge in [0.25, 0.3) is 11.8 Å². The summed E-state index contributed by atoms with van der Waals surface area (Å²) in [5.41, 5.74) is 11.2. The molecule has 0 radical (unpaired) electrons. The van der Waals surface area contributed by atoms with Gasteiger partial charge in [-0.3, -0.25) is 9.59 Å². The Bertz CT molecular complexity index is 1560. The number of nitrogens with zero attached hydrogens (tertiary/aromatic N) is 3. The second-order valence-corrected chi connectivity index (χ2v) is 10.1. The molecule has 6 nitrogen and oxygen atoms in total. The van der Waals surface area contributed by atoms with Gasteiger partial charge in [0, 0.05) is 27.7 Å². The molecule has 182 valence electrons. The third-order valence-corrected chi connectivity index (χ3v) is 7.66. The Kier molecular flexibility index (Phi) is 5.90. The van der Waals surface area contributed by atoms with Gasteiger partial charge in [0.05, 0.1) is 11.3 Å². The van der Waals surface area contributed by atoms with Gasteiger partial charge in [-0.15, -0.1) is 11.3 Å². The van der Waals surface area contributed by atoms with Crippen molar-refractivity contribution in [2.75, 3.05) is 16.5 Å². The number of carbonyl (C=O) groups is 2. The van der Waals surface area contributed by atoms with Gasteiger partial charge in [-0.1, -0.05) is 42.5 Å². The molecule has 0 spiro atoms. The molecule has 0 saturated heterocycles. The Morgan fingerprint density at radius 1 is 0.919 bits per heavy atom. The van der Waals surface area contributed by atoms with Crippen LogP contribution in [0.5, 0.6) is 0 Å². The van der Waals surface area contributed by atoms with Crippen LogP contribution < -0.4 is 15.6 Å². The van der Waals surface area contributed by atoms with E-state index in [4.69, 9.17) is 5.73 Å². The Labute approximate surface area is 219 Å². The smallest absolute Gasteiger partial charge is 0.281 e. The summed E-state index contributed by atoms with van der Waals surface area (Å²) in [6.45, 7) is 1.00. The van der Waals surface area contributed by atoms with Crippen LogP contribution in [0.25, 0.3) is 16.5 Å². The fourth-order valence-corrected chi connectivity index (χ4v) is 5.77. The van der Waals surface area contributed by atoms with Gasteiger partial charge >= 0.3 is 0 Å². The minimum Gasteiger partial charge on any atom is -0.364 e. The minimum absolute atomic E-state index is 0.0291. The van der Waals surface area contributed by atoms with E-state index in [1.807, 2.05) is 36.4 Å². The Morgan fingerprint density at radius 2 is 1.65 bits per heavy atom. The number of benzene rings is 3. The molecule has 37 heavy (non-hydrogen) atoms. The number of carbonyl (C=O) groups excluding carboxylic acids is 2. The molecule has 0 fully saturated rings. The molecule has 3 heterocycles. The van der Waals surface area contributed by atoms with Crippen molar-refractivity contribution in [3.63, 3.8) is 0 Å². The molecular formula is C30H24N4O2S. The van der Waals surface area contributed by atoms with Crippen LogP contribution in [0.1, 0.15) is 16.9 Å². The molecule has 0 unspecified atom stereocenters. The zero-order valence-corrected chi connectivity index (χ0v) is 20.8. The molecule has 7 heteroatoms. The number of primary amides is 1. The third kappa shape index (κ3) is 4.34. The molecule has 0 saturated carbocycles. The van der Waals surface area contributed by atoms with Gasteiger partial charge in [0.15, 0.2) is 5.71 Å². The van der Waals surface area contributed by atoms with Crippen molar-refractivity contribution < 1.29 is 9.59 Å². The number of amides is 2. The van der Waals surface area contributed by atoms with Crippen molar-refractivity contribution in [3.05, 3.63) is 107 Å². The first-order chi connectivity index (χ1) is 18.1. The SMILES string of the molecule is NC(=O)C1=NN(c2ccccc2)C(=O)/C1=C\c1ccc(-c2ccc3c(c2)CCCN3c2ccccc2)s1. The van der Waals surface area contributed by atoms with E-state index < -0.39 is 5.91 Å². The van der Waals surface area contributed by atoms with Crippen molar-refractivity contribution in [1.82, 2.24) is 0 Å². The average Bonchev–Trinajstić information content (AvgIpc) is 3.54. The predicted octanol–water partition coefficient (Wildman–Crippen LogP) is 5.77. The summed E-state index contributed by atoms with van der Waals surface area (Å²) in [6, 6.07) is 30.1. The molecule has 2 amide bonds. The van der Waals surface area contributed by atoms with E-state index in [9.17, 15) is 9.59 Å². The molecule has 2 aliphatic heterocycles. The second kappa shape index (κ2) is 9.52. The van der Waals surface area contributed by atoms with Gasteiger partial charge < -0.3 is 10.6 Å². The second-order valence-electron chi connectivity index (χ2n) is 8.96. The fourth-order valence-electron chi connectivity index (χ4n) is 4.83. The summed E-state index contributed by atoms with van der Waals surface area (Å²) < 4.78 is 0. The summed E-state index contributed by atoms with van der Waals surface area (Å²) in [5.74, 6) is -1.10. The summed E-state index contributed by atoms with van der Waals surface area (Å²) in [6.07, 6.45) is 3.85. The molecule has 2 N–H and O–H groups in total. The van der Waals surface area contributed by atoms with Crippen molar-refractivity contribution in [3.8, 4) is 10.4 Å². The van der Waals surface area contributed by atoms with Gasteiger partial charge in [-0.25, -0.2) is 0 Å². The van der Waals surface area contributed by atoms with Crippen LogP contribution in [0.15, 0.2) is 102 Å². The number of aryl methyl sites for hydroxylation is 1. The largest absolute Gasteiger partial charge is 0.364 e. The first-order valence-corrected chi connectivity index (χ1v) is 13.0. The Balaban J connectivity index is 1.29. The summed E-state index contributed by atoms with van der Waals surface area (Å²) in [7, 11) is 0. The average molecular weight is 505 g/mol. The van der Waals surface area contributed by atoms with Crippen molar-refractivity contribution in [1.29, 1.82) is 0 Å². The molecular weight excluding hydrogens is 480 g/mol. The third-order valence-electron chi connectivity index (χ3n) is 6.58. The van der Waals surface area contributed by atoms with Gasteiger partial charge in [-0.2, -0.15) is 10.1 Å². The van der Waals surface area contributed by atoms with Gasteiger partial charge in [-0.05, 0) is 78.6 Å². The number of anilines is 3. The van der Waals surface area contributed by atoms with Crippen LogP contribution in [0.2, 0.25) is 0 Å². The van der Waals surface area contributed by atoms with Crippen LogP contribution in [0, 0.1) is 0 Å². The van der Waals surface area contributed by atoms with E-state index >= 15 is 0 Å². The number of para-hydroxylation sites is 2. The van der Waals surface area contributed by atoms with Gasteiger partial charge in [0.1, 0.15) is 0 Å². The highest BCUT2D eigenvalue weighted by Gasteiger charge is 2.34. The first kappa shape index (κ1) is 22.9. The monoisotopic (exact) mass is 504 g/mol. The molecule has 0 aliphatic carbocycles. The van der Waals surface area contributed by atoms with Crippen LogP contribution in [0.4, 0.5) is 17.1 Å². The maximum Gasteiger partial charge on any atom is 0.281 e. The Morgan fingerprint density at radius 3 is 2.38 bits per heavy atom. The van der Waals surface area contributed by atoms with Crippen LogP contribution in [0.3, 0.4) is 0 Å². The zero-order chi connectivity index (χ0) is 25.4. The Hall–Kier alpha value is -4.49. The zero-order valence-electron chi connectivity index (χ0n) is 20.0. The summed E-state index contributed by atoms with van der Waals surface area (Å²) in [5, 5.41) is 5.44. The van der Waals surface area contributed by atoms with Crippen molar-refractivity contribution in [2.45, 2.75) is 12.8 Å². The molecule has 1 aromatic heterocycles. The van der Waals surface area contributed by atoms with Crippen LogP contribution in [-0.2, 0) is 16.0 Å². The molecule has 0 atom stereocenters. The normalized spacial score (nSPS) is 16.2. The van der Waals surface area contributed by atoms with Crippen molar-refractivity contribution in [2.24, 2.45) is 10.8 Å². The summed E-state index contributed by atoms with van der Waals surface area (Å²) in [4.78, 5) is 29.6. The van der Waals surface area contributed by atoms with E-state index in [0.717, 1.165) is 34.7 Å². The molecule has 3 aromatic carbocycles. The maximum absolute atomic E-state index is 13.1. The quantitative estimate of drug-likeness (QED) is 0.351. The van der Waals surface area contributed by atoms with E-state index in [-0.39, 0.29) is 17.2 Å². The lowest BCUT2D eigenvalue weighted by atomic mass is 9.98. The summed E-state index contributed by atoms with van der Waals surface area (Å²) >= 11 is 1.57. The molecule has 2 aliphatic rings. The number of fused-ring (bicyclic) bond motifs is 1. The van der Waals surface area contributed by atoms with Crippen molar-refractivity contribution >= 4 is 52.0 Å². The lowest BCUT2D eigenvalue weighted by Gasteiger charge is -2.31. The number of rotatable bonds is 5. The molecule has 4 aromatic rings. The fraction of sp³-hybridized carbons (Fsp3) is 0.100. The minimum atomic E-state index is -0.729. The number of nitrogens with two attached hydrogens (primary N) is 1. The van der Waals surface area contributed by atoms with Crippen LogP contribution in [-0.4, -0.2) is 24.1 Å². The number of thiophene rings is 1. The van der Waals surface area contributed by atoms with E-state index in [0.29, 0.717) is 5.69 Å². The lowest BCUT2D eigenvalue weighted by Crippen LogP contribution is -2.25. The first-order valence-electron chi connectivity index (χ1n) is 12.1. The molecule has 0 bridgehead atoms. The number of hydrazone groups is 1. The topological polar surface area (TPSA) is 79.0 Å².